The van der Waals surface area contributed by atoms with Gasteiger partial charge in [0.1, 0.15) is 5.54 Å². The highest BCUT2D eigenvalue weighted by molar-refractivity contribution is 6.30. The monoisotopic (exact) mass is 413 g/mol. The van der Waals surface area contributed by atoms with Crippen LogP contribution in [0.25, 0.3) is 0 Å². The van der Waals surface area contributed by atoms with Gasteiger partial charge in [-0.1, -0.05) is 102 Å². The molecule has 1 aliphatic rings. The molecule has 29 heavy (non-hydrogen) atoms. The molecule has 0 N–H and O–H groups in total. The molecular weight excluding hydrogens is 397 g/mol. The molecule has 0 aromatic heterocycles. The quantitative estimate of drug-likeness (QED) is 0.338. The maximum absolute atomic E-state index is 6.20. The first-order valence-corrected chi connectivity index (χ1v) is 10.2. The Morgan fingerprint density at radius 1 is 0.552 bits per heavy atom. The minimum atomic E-state index is -0.656. The summed E-state index contributed by atoms with van der Waals surface area (Å²) in [5, 5.41) is 1.41. The van der Waals surface area contributed by atoms with Crippen molar-refractivity contribution in [1.82, 2.24) is 0 Å². The van der Waals surface area contributed by atoms with Crippen LogP contribution in [0.2, 0.25) is 10.0 Å². The zero-order valence-corrected chi connectivity index (χ0v) is 17.0. The van der Waals surface area contributed by atoms with Gasteiger partial charge in [0.25, 0.3) is 0 Å². The van der Waals surface area contributed by atoms with Gasteiger partial charge >= 0.3 is 0 Å². The lowest BCUT2D eigenvalue weighted by Gasteiger charge is -2.29. The summed E-state index contributed by atoms with van der Waals surface area (Å²) >= 11 is 12.4. The molecule has 140 valence electrons. The number of aliphatic imine (C=N–C) groups is 1. The molecule has 0 saturated carbocycles. The van der Waals surface area contributed by atoms with Crippen LogP contribution in [-0.2, 0) is 5.54 Å². The number of rotatable bonds is 3. The van der Waals surface area contributed by atoms with Gasteiger partial charge in [-0.25, -0.2) is 0 Å². The van der Waals surface area contributed by atoms with Crippen LogP contribution in [-0.4, -0.2) is 5.71 Å². The third-order valence-electron chi connectivity index (χ3n) is 5.42. The van der Waals surface area contributed by atoms with Gasteiger partial charge in [-0.2, -0.15) is 0 Å². The van der Waals surface area contributed by atoms with E-state index < -0.39 is 5.54 Å². The highest BCUT2D eigenvalue weighted by atomic mass is 35.5. The second kappa shape index (κ2) is 7.18. The maximum atomic E-state index is 6.20. The summed E-state index contributed by atoms with van der Waals surface area (Å²) in [6.45, 7) is 0. The predicted molar refractivity (Wildman–Crippen MR) is 121 cm³/mol. The molecule has 0 radical (unpaired) electrons. The lowest BCUT2D eigenvalue weighted by Crippen LogP contribution is -2.25. The van der Waals surface area contributed by atoms with Crippen LogP contribution >= 0.6 is 23.2 Å². The van der Waals surface area contributed by atoms with E-state index in [0.29, 0.717) is 10.0 Å². The largest absolute Gasteiger partial charge is 0.263 e. The van der Waals surface area contributed by atoms with Gasteiger partial charge in [-0.05, 0) is 41.0 Å². The zero-order valence-electron chi connectivity index (χ0n) is 15.5. The molecule has 4 aromatic rings. The summed E-state index contributed by atoms with van der Waals surface area (Å²) in [6, 6.07) is 34.7. The fourth-order valence-corrected chi connectivity index (χ4v) is 4.35. The van der Waals surface area contributed by atoms with Crippen LogP contribution in [0.3, 0.4) is 0 Å². The summed E-state index contributed by atoms with van der Waals surface area (Å²) in [5.41, 5.74) is 5.88. The van der Waals surface area contributed by atoms with Crippen LogP contribution in [0, 0.1) is 0 Å². The Hall–Kier alpha value is -2.87. The number of nitrogens with zero attached hydrogens (tertiary/aromatic N) is 1. The Labute approximate surface area is 180 Å². The van der Waals surface area contributed by atoms with Gasteiger partial charge in [0.05, 0.1) is 5.71 Å². The zero-order chi connectivity index (χ0) is 19.8. The molecule has 0 saturated heterocycles. The number of halogens is 2. The molecule has 5 rings (SSSR count). The Morgan fingerprint density at radius 2 is 1.07 bits per heavy atom. The highest BCUT2D eigenvalue weighted by Gasteiger charge is 2.43. The van der Waals surface area contributed by atoms with E-state index in [1.165, 1.54) is 0 Å². The van der Waals surface area contributed by atoms with Crippen LogP contribution in [0.5, 0.6) is 0 Å². The predicted octanol–water partition coefficient (Wildman–Crippen LogP) is 7.14. The van der Waals surface area contributed by atoms with E-state index in [2.05, 4.69) is 60.7 Å². The van der Waals surface area contributed by atoms with E-state index in [-0.39, 0.29) is 0 Å². The van der Waals surface area contributed by atoms with Gasteiger partial charge in [-0.15, -0.1) is 0 Å². The molecule has 3 heteroatoms. The topological polar surface area (TPSA) is 12.4 Å². The van der Waals surface area contributed by atoms with Crippen molar-refractivity contribution in [1.29, 1.82) is 0 Å². The van der Waals surface area contributed by atoms with Gasteiger partial charge in [-0.3, -0.25) is 4.99 Å². The first kappa shape index (κ1) is 18.2. The molecule has 0 bridgehead atoms. The molecule has 0 atom stereocenters. The summed E-state index contributed by atoms with van der Waals surface area (Å²) < 4.78 is 0. The summed E-state index contributed by atoms with van der Waals surface area (Å²) in [6.07, 6.45) is 0. The highest BCUT2D eigenvalue weighted by Crippen LogP contribution is 2.47. The average Bonchev–Trinajstić information content (AvgIpc) is 3.12. The van der Waals surface area contributed by atoms with Crippen molar-refractivity contribution in [2.75, 3.05) is 0 Å². The third kappa shape index (κ3) is 2.98. The van der Waals surface area contributed by atoms with Gasteiger partial charge < -0.3 is 0 Å². The van der Waals surface area contributed by atoms with Crippen molar-refractivity contribution in [3.63, 3.8) is 0 Å². The van der Waals surface area contributed by atoms with E-state index in [4.69, 9.17) is 28.2 Å². The van der Waals surface area contributed by atoms with E-state index in [0.717, 1.165) is 33.5 Å². The average molecular weight is 414 g/mol. The van der Waals surface area contributed by atoms with E-state index >= 15 is 0 Å². The number of hydrogen-bond acceptors (Lipinski definition) is 1. The molecule has 0 unspecified atom stereocenters. The number of fused-ring (bicyclic) bond motifs is 1. The third-order valence-corrected chi connectivity index (χ3v) is 5.93. The Morgan fingerprint density at radius 3 is 1.66 bits per heavy atom. The van der Waals surface area contributed by atoms with Crippen molar-refractivity contribution >= 4 is 28.9 Å². The van der Waals surface area contributed by atoms with E-state index in [1.54, 1.807) is 0 Å². The van der Waals surface area contributed by atoms with Crippen molar-refractivity contribution in [2.45, 2.75) is 5.54 Å². The Bertz CT molecular complexity index is 1150. The molecule has 0 aliphatic carbocycles. The summed E-state index contributed by atoms with van der Waals surface area (Å²) in [5.74, 6) is 0. The molecule has 4 aromatic carbocycles. The summed E-state index contributed by atoms with van der Waals surface area (Å²) in [4.78, 5) is 5.39. The molecule has 0 fully saturated rings. The molecule has 0 amide bonds. The van der Waals surface area contributed by atoms with Gasteiger partial charge in [0, 0.05) is 21.2 Å². The standard InChI is InChI=1S/C26H17Cl2N/c27-21-14-10-19(11-15-21)26(20-12-16-22(28)17-13-20)24-9-5-4-8-23(24)25(29-26)18-6-2-1-3-7-18/h1-17H. The Kier molecular flexibility index (Phi) is 4.50. The molecule has 1 nitrogen and oxygen atoms in total. The van der Waals surface area contributed by atoms with Gasteiger partial charge in [0.2, 0.25) is 0 Å². The minimum Gasteiger partial charge on any atom is -0.263 e. The van der Waals surface area contributed by atoms with Crippen LogP contribution in [0.4, 0.5) is 0 Å². The number of benzene rings is 4. The Balaban J connectivity index is 1.86. The number of hydrogen-bond donors (Lipinski definition) is 0. The smallest absolute Gasteiger partial charge is 0.137 e. The van der Waals surface area contributed by atoms with Crippen molar-refractivity contribution in [2.24, 2.45) is 4.99 Å². The van der Waals surface area contributed by atoms with Crippen molar-refractivity contribution in [3.05, 3.63) is 141 Å². The SMILES string of the molecule is Clc1ccc(C2(c3ccc(Cl)cc3)N=C(c3ccccc3)c3ccccc32)cc1. The first-order valence-electron chi connectivity index (χ1n) is 9.46. The fourth-order valence-electron chi connectivity index (χ4n) is 4.10. The molecule has 0 spiro atoms. The normalized spacial score (nSPS) is 14.3. The van der Waals surface area contributed by atoms with Crippen LogP contribution in [0.15, 0.2) is 108 Å². The maximum Gasteiger partial charge on any atom is 0.137 e. The lowest BCUT2D eigenvalue weighted by molar-refractivity contribution is 0.672. The second-order valence-electron chi connectivity index (χ2n) is 7.10. The minimum absolute atomic E-state index is 0.656. The summed E-state index contributed by atoms with van der Waals surface area (Å²) in [7, 11) is 0. The van der Waals surface area contributed by atoms with Crippen molar-refractivity contribution in [3.8, 4) is 0 Å². The molecule has 1 aliphatic heterocycles. The second-order valence-corrected chi connectivity index (χ2v) is 7.97. The first-order chi connectivity index (χ1) is 14.2. The fraction of sp³-hybridized carbons (Fsp3) is 0.0385. The molecular formula is C26H17Cl2N. The van der Waals surface area contributed by atoms with Gasteiger partial charge in [0.15, 0.2) is 0 Å². The van der Waals surface area contributed by atoms with E-state index in [1.807, 2.05) is 42.5 Å². The van der Waals surface area contributed by atoms with Crippen LogP contribution < -0.4 is 0 Å². The lowest BCUT2D eigenvalue weighted by atomic mass is 9.77. The van der Waals surface area contributed by atoms with Crippen molar-refractivity contribution < 1.29 is 0 Å². The van der Waals surface area contributed by atoms with Crippen LogP contribution in [0.1, 0.15) is 27.8 Å². The van der Waals surface area contributed by atoms with E-state index in [9.17, 15) is 0 Å². The molecule has 1 heterocycles.